The van der Waals surface area contributed by atoms with Crippen LogP contribution in [-0.4, -0.2) is 39.6 Å². The quantitative estimate of drug-likeness (QED) is 0.700. The molecule has 3 aromatic rings. The highest BCUT2D eigenvalue weighted by atomic mass is 32.2. The van der Waals surface area contributed by atoms with E-state index >= 15 is 0 Å². The Morgan fingerprint density at radius 3 is 2.93 bits per heavy atom. The molecule has 1 fully saturated rings. The molecule has 1 N–H and O–H groups in total. The Morgan fingerprint density at radius 1 is 1.33 bits per heavy atom. The van der Waals surface area contributed by atoms with Crippen LogP contribution in [0, 0.1) is 0 Å². The maximum absolute atomic E-state index is 12.6. The van der Waals surface area contributed by atoms with Gasteiger partial charge in [0, 0.05) is 53.8 Å². The predicted octanol–water partition coefficient (Wildman–Crippen LogP) is 3.51. The molecule has 1 aromatic carbocycles. The van der Waals surface area contributed by atoms with Crippen molar-refractivity contribution in [2.24, 2.45) is 0 Å². The first-order valence-electron chi connectivity index (χ1n) is 8.66. The van der Waals surface area contributed by atoms with Gasteiger partial charge in [-0.05, 0) is 29.8 Å². The SMILES string of the molecule is COC(=O)c1ccc2c(C3SCCC(=O)N3Cc3ccncc3)c[nH]c2c1. The second kappa shape index (κ2) is 7.44. The van der Waals surface area contributed by atoms with Crippen LogP contribution in [-0.2, 0) is 16.1 Å². The van der Waals surface area contributed by atoms with Gasteiger partial charge in [-0.1, -0.05) is 6.07 Å². The molecule has 1 amide bonds. The van der Waals surface area contributed by atoms with Gasteiger partial charge in [-0.15, -0.1) is 11.8 Å². The molecular formula is C20H19N3O3S. The number of hydrogen-bond acceptors (Lipinski definition) is 5. The van der Waals surface area contributed by atoms with Crippen LogP contribution in [0.1, 0.15) is 33.3 Å². The summed E-state index contributed by atoms with van der Waals surface area (Å²) in [5.41, 5.74) is 3.46. The van der Waals surface area contributed by atoms with Gasteiger partial charge >= 0.3 is 5.97 Å². The van der Waals surface area contributed by atoms with E-state index in [2.05, 4.69) is 9.97 Å². The molecule has 0 bridgehead atoms. The molecule has 4 rings (SSSR count). The smallest absolute Gasteiger partial charge is 0.337 e. The molecule has 2 aromatic heterocycles. The molecule has 0 saturated carbocycles. The van der Waals surface area contributed by atoms with Crippen molar-refractivity contribution in [3.8, 4) is 0 Å². The summed E-state index contributed by atoms with van der Waals surface area (Å²) in [7, 11) is 1.37. The molecule has 27 heavy (non-hydrogen) atoms. The van der Waals surface area contributed by atoms with E-state index in [-0.39, 0.29) is 17.3 Å². The van der Waals surface area contributed by atoms with Crippen molar-refractivity contribution >= 4 is 34.5 Å². The Balaban J connectivity index is 1.69. The fourth-order valence-corrected chi connectivity index (χ4v) is 4.60. The molecule has 1 unspecified atom stereocenters. The number of esters is 1. The summed E-state index contributed by atoms with van der Waals surface area (Å²) >= 11 is 1.76. The van der Waals surface area contributed by atoms with Gasteiger partial charge in [0.15, 0.2) is 0 Å². The topological polar surface area (TPSA) is 75.3 Å². The van der Waals surface area contributed by atoms with Crippen LogP contribution in [0.15, 0.2) is 48.9 Å². The minimum absolute atomic E-state index is 0.0721. The fourth-order valence-electron chi connectivity index (χ4n) is 3.33. The lowest BCUT2D eigenvalue weighted by Crippen LogP contribution is -2.36. The summed E-state index contributed by atoms with van der Waals surface area (Å²) < 4.78 is 4.79. The number of ether oxygens (including phenoxy) is 1. The van der Waals surface area contributed by atoms with E-state index in [0.717, 1.165) is 27.8 Å². The maximum Gasteiger partial charge on any atom is 0.337 e. The molecule has 6 nitrogen and oxygen atoms in total. The number of aromatic nitrogens is 2. The molecular weight excluding hydrogens is 362 g/mol. The second-order valence-electron chi connectivity index (χ2n) is 6.35. The third kappa shape index (κ3) is 3.42. The van der Waals surface area contributed by atoms with Gasteiger partial charge in [0.05, 0.1) is 12.7 Å². The minimum Gasteiger partial charge on any atom is -0.465 e. The molecule has 1 atom stereocenters. The first-order chi connectivity index (χ1) is 13.2. The number of nitrogens with one attached hydrogen (secondary N) is 1. The van der Waals surface area contributed by atoms with Gasteiger partial charge in [-0.3, -0.25) is 9.78 Å². The van der Waals surface area contributed by atoms with Crippen LogP contribution in [0.5, 0.6) is 0 Å². The summed E-state index contributed by atoms with van der Waals surface area (Å²) in [4.78, 5) is 33.6. The average molecular weight is 381 g/mol. The van der Waals surface area contributed by atoms with Gasteiger partial charge in [-0.2, -0.15) is 0 Å². The fraction of sp³-hybridized carbons (Fsp3) is 0.250. The van der Waals surface area contributed by atoms with Gasteiger partial charge in [-0.25, -0.2) is 4.79 Å². The number of nitrogens with zero attached hydrogens (tertiary/aromatic N) is 2. The van der Waals surface area contributed by atoms with E-state index in [9.17, 15) is 9.59 Å². The molecule has 1 aliphatic heterocycles. The summed E-state index contributed by atoms with van der Waals surface area (Å²) in [5, 5.41) is 0.937. The Morgan fingerprint density at radius 2 is 2.15 bits per heavy atom. The highest BCUT2D eigenvalue weighted by Crippen LogP contribution is 2.41. The van der Waals surface area contributed by atoms with E-state index in [1.165, 1.54) is 7.11 Å². The van der Waals surface area contributed by atoms with E-state index in [1.54, 1.807) is 36.3 Å². The Bertz CT molecular complexity index is 987. The van der Waals surface area contributed by atoms with Crippen molar-refractivity contribution in [1.82, 2.24) is 14.9 Å². The third-order valence-corrected chi connectivity index (χ3v) is 5.96. The number of carbonyl (C=O) groups excluding carboxylic acids is 2. The molecule has 7 heteroatoms. The molecule has 3 heterocycles. The van der Waals surface area contributed by atoms with Crippen LogP contribution < -0.4 is 0 Å². The Kier molecular flexibility index (Phi) is 4.85. The molecule has 0 radical (unpaired) electrons. The largest absolute Gasteiger partial charge is 0.465 e. The third-order valence-electron chi connectivity index (χ3n) is 4.70. The van der Waals surface area contributed by atoms with Crippen LogP contribution in [0.4, 0.5) is 0 Å². The zero-order chi connectivity index (χ0) is 18.8. The molecule has 138 valence electrons. The Hall–Kier alpha value is -2.80. The average Bonchev–Trinajstić information content (AvgIpc) is 3.13. The number of amides is 1. The number of H-pyrrole nitrogens is 1. The van der Waals surface area contributed by atoms with Gasteiger partial charge in [0.25, 0.3) is 0 Å². The van der Waals surface area contributed by atoms with Crippen LogP contribution >= 0.6 is 11.8 Å². The van der Waals surface area contributed by atoms with Gasteiger partial charge < -0.3 is 14.6 Å². The van der Waals surface area contributed by atoms with Crippen molar-refractivity contribution in [2.75, 3.05) is 12.9 Å². The zero-order valence-corrected chi connectivity index (χ0v) is 15.7. The lowest BCUT2D eigenvalue weighted by molar-refractivity contribution is -0.132. The number of benzene rings is 1. The zero-order valence-electron chi connectivity index (χ0n) is 14.8. The summed E-state index contributed by atoms with van der Waals surface area (Å²) in [6.07, 6.45) is 5.96. The number of carbonyl (C=O) groups is 2. The molecule has 0 spiro atoms. The second-order valence-corrected chi connectivity index (χ2v) is 7.53. The van der Waals surface area contributed by atoms with Crippen LogP contribution in [0.25, 0.3) is 10.9 Å². The summed E-state index contributed by atoms with van der Waals surface area (Å²) in [5.74, 6) is 0.578. The van der Waals surface area contributed by atoms with Gasteiger partial charge in [0.1, 0.15) is 5.37 Å². The minimum atomic E-state index is -0.366. The van der Waals surface area contributed by atoms with E-state index in [4.69, 9.17) is 4.74 Å². The Labute approximate surface area is 160 Å². The number of pyridine rings is 1. The number of fused-ring (bicyclic) bond motifs is 1. The van der Waals surface area contributed by atoms with Crippen molar-refractivity contribution in [2.45, 2.75) is 18.3 Å². The predicted molar refractivity (Wildman–Crippen MR) is 104 cm³/mol. The summed E-state index contributed by atoms with van der Waals surface area (Å²) in [6, 6.07) is 9.32. The highest BCUT2D eigenvalue weighted by molar-refractivity contribution is 7.99. The first kappa shape index (κ1) is 17.6. The first-order valence-corrected chi connectivity index (χ1v) is 9.71. The van der Waals surface area contributed by atoms with E-state index in [1.807, 2.05) is 29.3 Å². The van der Waals surface area contributed by atoms with Crippen LogP contribution in [0.2, 0.25) is 0 Å². The van der Waals surface area contributed by atoms with Crippen molar-refractivity contribution in [1.29, 1.82) is 0 Å². The normalized spacial score (nSPS) is 17.3. The van der Waals surface area contributed by atoms with Crippen molar-refractivity contribution in [3.05, 3.63) is 65.6 Å². The summed E-state index contributed by atoms with van der Waals surface area (Å²) in [6.45, 7) is 0.548. The highest BCUT2D eigenvalue weighted by Gasteiger charge is 2.31. The number of hydrogen-bond donors (Lipinski definition) is 1. The lowest BCUT2D eigenvalue weighted by atomic mass is 10.1. The molecule has 1 aliphatic rings. The molecule has 0 aliphatic carbocycles. The number of aromatic amines is 1. The number of rotatable bonds is 4. The number of methoxy groups -OCH3 is 1. The number of thioether (sulfide) groups is 1. The van der Waals surface area contributed by atoms with Crippen molar-refractivity contribution in [3.63, 3.8) is 0 Å². The maximum atomic E-state index is 12.6. The molecule has 1 saturated heterocycles. The van der Waals surface area contributed by atoms with E-state index in [0.29, 0.717) is 18.5 Å². The van der Waals surface area contributed by atoms with E-state index < -0.39 is 0 Å². The van der Waals surface area contributed by atoms with Crippen molar-refractivity contribution < 1.29 is 14.3 Å². The standard InChI is InChI=1S/C20H19N3O3S/c1-26-20(25)14-2-3-15-16(11-22-17(15)10-14)19-23(18(24)6-9-27-19)12-13-4-7-21-8-5-13/h2-5,7-8,10-11,19,22H,6,9,12H2,1H3. The van der Waals surface area contributed by atoms with Crippen LogP contribution in [0.3, 0.4) is 0 Å². The monoisotopic (exact) mass is 381 g/mol. The lowest BCUT2D eigenvalue weighted by Gasteiger charge is -2.35. The van der Waals surface area contributed by atoms with Gasteiger partial charge in [0.2, 0.25) is 5.91 Å².